The number of piperidine rings is 1. The molecule has 2 atom stereocenters. The Bertz CT molecular complexity index is 492. The summed E-state index contributed by atoms with van der Waals surface area (Å²) in [7, 11) is 0. The Balaban J connectivity index is 2.04. The van der Waals surface area contributed by atoms with Crippen molar-refractivity contribution in [2.24, 2.45) is 5.92 Å². The van der Waals surface area contributed by atoms with Gasteiger partial charge in [0.15, 0.2) is 5.82 Å². The Morgan fingerprint density at radius 3 is 3.25 bits per heavy atom. The number of hydrogen-bond donors (Lipinski definition) is 1. The van der Waals surface area contributed by atoms with Gasteiger partial charge >= 0.3 is 0 Å². The van der Waals surface area contributed by atoms with Crippen LogP contribution in [0.4, 0.5) is 0 Å². The Hall–Kier alpha value is -1.49. The molecule has 0 bridgehead atoms. The molecular weight excluding hydrogens is 202 g/mol. The minimum absolute atomic E-state index is 0.299. The first-order chi connectivity index (χ1) is 7.86. The lowest BCUT2D eigenvalue weighted by atomic mass is 9.92. The molecule has 1 saturated heterocycles. The van der Waals surface area contributed by atoms with Gasteiger partial charge in [0.25, 0.3) is 5.78 Å². The molecule has 0 saturated carbocycles. The molecule has 0 spiro atoms. The highest BCUT2D eigenvalue weighted by molar-refractivity contribution is 5.27. The lowest BCUT2D eigenvalue weighted by Gasteiger charge is -2.28. The van der Waals surface area contributed by atoms with Gasteiger partial charge in [0, 0.05) is 12.4 Å². The molecule has 2 unspecified atom stereocenters. The Morgan fingerprint density at radius 2 is 2.38 bits per heavy atom. The SMILES string of the molecule is CC1CCCNC1c1nnc2ncccn12. The smallest absolute Gasteiger partial charge is 0.254 e. The zero-order valence-electron chi connectivity index (χ0n) is 9.30. The van der Waals surface area contributed by atoms with E-state index in [1.807, 2.05) is 16.7 Å². The predicted molar refractivity (Wildman–Crippen MR) is 59.9 cm³/mol. The molecule has 1 fully saturated rings. The van der Waals surface area contributed by atoms with Crippen molar-refractivity contribution in [3.63, 3.8) is 0 Å². The number of rotatable bonds is 1. The Morgan fingerprint density at radius 1 is 1.44 bits per heavy atom. The average molecular weight is 217 g/mol. The van der Waals surface area contributed by atoms with Crippen LogP contribution in [0, 0.1) is 5.92 Å². The molecule has 3 heterocycles. The highest BCUT2D eigenvalue weighted by atomic mass is 15.3. The van der Waals surface area contributed by atoms with E-state index in [2.05, 4.69) is 27.4 Å². The molecule has 84 valence electrons. The van der Waals surface area contributed by atoms with Crippen LogP contribution in [-0.4, -0.2) is 26.1 Å². The van der Waals surface area contributed by atoms with Gasteiger partial charge in [-0.1, -0.05) is 6.92 Å². The summed E-state index contributed by atoms with van der Waals surface area (Å²) < 4.78 is 1.97. The fourth-order valence-electron chi connectivity index (χ4n) is 2.37. The topological polar surface area (TPSA) is 55.1 Å². The number of fused-ring (bicyclic) bond motifs is 1. The van der Waals surface area contributed by atoms with Crippen molar-refractivity contribution in [2.75, 3.05) is 6.54 Å². The Kier molecular flexibility index (Phi) is 2.32. The molecule has 2 aromatic heterocycles. The number of hydrogen-bond acceptors (Lipinski definition) is 4. The minimum atomic E-state index is 0.299. The van der Waals surface area contributed by atoms with Gasteiger partial charge < -0.3 is 5.32 Å². The van der Waals surface area contributed by atoms with Crippen molar-refractivity contribution in [1.29, 1.82) is 0 Å². The maximum absolute atomic E-state index is 4.26. The van der Waals surface area contributed by atoms with Gasteiger partial charge in [-0.2, -0.15) is 0 Å². The molecule has 0 aromatic carbocycles. The number of nitrogens with zero attached hydrogens (tertiary/aromatic N) is 4. The van der Waals surface area contributed by atoms with E-state index in [4.69, 9.17) is 0 Å². The van der Waals surface area contributed by atoms with Gasteiger partial charge in [-0.25, -0.2) is 4.98 Å². The third-order valence-corrected chi connectivity index (χ3v) is 3.26. The zero-order chi connectivity index (χ0) is 11.0. The summed E-state index contributed by atoms with van der Waals surface area (Å²) in [6.45, 7) is 3.32. The van der Waals surface area contributed by atoms with Gasteiger partial charge in [0.1, 0.15) is 0 Å². The monoisotopic (exact) mass is 217 g/mol. The lowest BCUT2D eigenvalue weighted by molar-refractivity contribution is 0.293. The van der Waals surface area contributed by atoms with Crippen molar-refractivity contribution < 1.29 is 0 Å². The molecule has 0 aliphatic carbocycles. The van der Waals surface area contributed by atoms with Crippen LogP contribution in [-0.2, 0) is 0 Å². The van der Waals surface area contributed by atoms with E-state index in [-0.39, 0.29) is 0 Å². The summed E-state index contributed by atoms with van der Waals surface area (Å²) in [5.74, 6) is 2.26. The summed E-state index contributed by atoms with van der Waals surface area (Å²) in [5, 5.41) is 11.9. The molecule has 2 aromatic rings. The van der Waals surface area contributed by atoms with E-state index in [0.29, 0.717) is 17.7 Å². The highest BCUT2D eigenvalue weighted by Gasteiger charge is 2.26. The van der Waals surface area contributed by atoms with E-state index in [1.165, 1.54) is 12.8 Å². The largest absolute Gasteiger partial charge is 0.307 e. The quantitative estimate of drug-likeness (QED) is 0.779. The molecular formula is C11H15N5. The normalized spacial score (nSPS) is 26.1. The van der Waals surface area contributed by atoms with E-state index < -0.39 is 0 Å². The first-order valence-electron chi connectivity index (χ1n) is 5.75. The van der Waals surface area contributed by atoms with Crippen molar-refractivity contribution in [2.45, 2.75) is 25.8 Å². The highest BCUT2D eigenvalue weighted by Crippen LogP contribution is 2.27. The number of aromatic nitrogens is 4. The minimum Gasteiger partial charge on any atom is -0.307 e. The molecule has 1 aliphatic rings. The van der Waals surface area contributed by atoms with Gasteiger partial charge in [-0.15, -0.1) is 10.2 Å². The molecule has 0 radical (unpaired) electrons. The van der Waals surface area contributed by atoms with Crippen molar-refractivity contribution in [3.05, 3.63) is 24.3 Å². The van der Waals surface area contributed by atoms with Crippen LogP contribution in [0.15, 0.2) is 18.5 Å². The summed E-state index contributed by atoms with van der Waals surface area (Å²) in [6, 6.07) is 2.21. The van der Waals surface area contributed by atoms with E-state index >= 15 is 0 Å². The van der Waals surface area contributed by atoms with Crippen LogP contribution >= 0.6 is 0 Å². The summed E-state index contributed by atoms with van der Waals surface area (Å²) in [4.78, 5) is 4.18. The predicted octanol–water partition coefficient (Wildman–Crippen LogP) is 1.18. The molecule has 5 heteroatoms. The third-order valence-electron chi connectivity index (χ3n) is 3.26. The van der Waals surface area contributed by atoms with E-state index in [9.17, 15) is 0 Å². The maximum Gasteiger partial charge on any atom is 0.254 e. The van der Waals surface area contributed by atoms with E-state index in [0.717, 1.165) is 12.4 Å². The van der Waals surface area contributed by atoms with Crippen LogP contribution in [0.25, 0.3) is 5.78 Å². The number of nitrogens with one attached hydrogen (secondary N) is 1. The lowest BCUT2D eigenvalue weighted by Crippen LogP contribution is -2.34. The standard InChI is InChI=1S/C11H15N5/c1-8-4-2-5-12-9(8)10-14-15-11-13-6-3-7-16(10)11/h3,6-9,12H,2,4-5H2,1H3. The molecule has 3 rings (SSSR count). The van der Waals surface area contributed by atoms with Crippen LogP contribution in [0.1, 0.15) is 31.6 Å². The maximum atomic E-state index is 4.26. The summed E-state index contributed by atoms with van der Waals surface area (Å²) >= 11 is 0. The van der Waals surface area contributed by atoms with Crippen molar-refractivity contribution >= 4 is 5.78 Å². The molecule has 16 heavy (non-hydrogen) atoms. The molecule has 1 N–H and O–H groups in total. The second-order valence-corrected chi connectivity index (χ2v) is 4.40. The average Bonchev–Trinajstić information content (AvgIpc) is 2.74. The summed E-state index contributed by atoms with van der Waals surface area (Å²) in [5.41, 5.74) is 0. The van der Waals surface area contributed by atoms with Crippen LogP contribution in [0.3, 0.4) is 0 Å². The fourth-order valence-corrected chi connectivity index (χ4v) is 2.37. The summed E-state index contributed by atoms with van der Waals surface area (Å²) in [6.07, 6.45) is 6.20. The van der Waals surface area contributed by atoms with Gasteiger partial charge in [-0.05, 0) is 31.4 Å². The van der Waals surface area contributed by atoms with Crippen LogP contribution in [0.2, 0.25) is 0 Å². The van der Waals surface area contributed by atoms with Crippen LogP contribution in [0.5, 0.6) is 0 Å². The van der Waals surface area contributed by atoms with Crippen LogP contribution < -0.4 is 5.32 Å². The first kappa shape index (κ1) is 9.72. The van der Waals surface area contributed by atoms with Gasteiger partial charge in [-0.3, -0.25) is 4.40 Å². The molecule has 1 aliphatic heterocycles. The second kappa shape index (κ2) is 3.83. The molecule has 0 amide bonds. The zero-order valence-corrected chi connectivity index (χ0v) is 9.30. The van der Waals surface area contributed by atoms with Crippen molar-refractivity contribution in [1.82, 2.24) is 24.9 Å². The van der Waals surface area contributed by atoms with Gasteiger partial charge in [0.2, 0.25) is 0 Å². The van der Waals surface area contributed by atoms with Crippen molar-refractivity contribution in [3.8, 4) is 0 Å². The fraction of sp³-hybridized carbons (Fsp3) is 0.545. The van der Waals surface area contributed by atoms with E-state index in [1.54, 1.807) is 6.20 Å². The molecule has 5 nitrogen and oxygen atoms in total. The first-order valence-corrected chi connectivity index (χ1v) is 5.75. The third kappa shape index (κ3) is 1.48. The van der Waals surface area contributed by atoms with Gasteiger partial charge in [0.05, 0.1) is 6.04 Å². The second-order valence-electron chi connectivity index (χ2n) is 4.40. The Labute approximate surface area is 93.9 Å².